The lowest BCUT2D eigenvalue weighted by atomic mass is 9.87. The molecule has 6 heteroatoms. The van der Waals surface area contributed by atoms with E-state index < -0.39 is 5.82 Å². The second kappa shape index (κ2) is 8.35. The van der Waals surface area contributed by atoms with E-state index in [1.165, 1.54) is 10.9 Å². The van der Waals surface area contributed by atoms with E-state index in [9.17, 15) is 9.18 Å². The fourth-order valence-electron chi connectivity index (χ4n) is 4.58. The number of benzene rings is 2. The molecule has 3 aromatic rings. The Hall–Kier alpha value is -2.86. The molecule has 31 heavy (non-hydrogen) atoms. The number of thiophene rings is 1. The van der Waals surface area contributed by atoms with Gasteiger partial charge in [-0.3, -0.25) is 4.79 Å². The van der Waals surface area contributed by atoms with Gasteiger partial charge in [-0.05, 0) is 35.7 Å². The van der Waals surface area contributed by atoms with Crippen molar-refractivity contribution in [3.8, 4) is 5.75 Å². The number of anilines is 1. The lowest BCUT2D eigenvalue weighted by Gasteiger charge is -2.41. The largest absolute Gasteiger partial charge is 0.485 e. The van der Waals surface area contributed by atoms with Gasteiger partial charge >= 0.3 is 0 Å². The molecule has 1 spiro atoms. The average Bonchev–Trinajstić information content (AvgIpc) is 3.26. The van der Waals surface area contributed by atoms with Crippen LogP contribution in [0.3, 0.4) is 0 Å². The Bertz CT molecular complexity index is 1060. The number of fused-ring (bicyclic) bond motifs is 1. The molecule has 0 bridgehead atoms. The van der Waals surface area contributed by atoms with E-state index in [1.54, 1.807) is 34.4 Å². The first-order chi connectivity index (χ1) is 15.1. The standard InChI is InChI=1S/C25H25FN2O2S/c26-21-8-2-1-7-20(21)24(29)27-14-11-25(12-15-27)13-16-28(18-19-6-5-17-31-19)22-9-3-4-10-23(22)30-25/h1-10,17H,11-16,18H2. The van der Waals surface area contributed by atoms with Crippen LogP contribution in [0.1, 0.15) is 34.5 Å². The predicted octanol–water partition coefficient (Wildman–Crippen LogP) is 5.35. The Balaban J connectivity index is 1.33. The number of piperidine rings is 1. The molecule has 0 atom stereocenters. The summed E-state index contributed by atoms with van der Waals surface area (Å²) in [5.74, 6) is 0.211. The second-order valence-electron chi connectivity index (χ2n) is 8.28. The number of ether oxygens (including phenoxy) is 1. The van der Waals surface area contributed by atoms with Gasteiger partial charge < -0.3 is 14.5 Å². The summed E-state index contributed by atoms with van der Waals surface area (Å²) >= 11 is 1.77. The summed E-state index contributed by atoms with van der Waals surface area (Å²) < 4.78 is 20.7. The molecule has 1 aromatic heterocycles. The summed E-state index contributed by atoms with van der Waals surface area (Å²) in [5, 5.41) is 2.11. The fourth-order valence-corrected chi connectivity index (χ4v) is 5.30. The van der Waals surface area contributed by atoms with E-state index in [0.717, 1.165) is 43.8 Å². The van der Waals surface area contributed by atoms with Crippen molar-refractivity contribution in [3.63, 3.8) is 0 Å². The monoisotopic (exact) mass is 436 g/mol. The van der Waals surface area contributed by atoms with Gasteiger partial charge in [-0.25, -0.2) is 4.39 Å². The Labute approximate surface area is 185 Å². The van der Waals surface area contributed by atoms with Crippen molar-refractivity contribution in [1.82, 2.24) is 4.90 Å². The number of halogens is 1. The number of para-hydroxylation sites is 2. The van der Waals surface area contributed by atoms with Gasteiger partial charge in [0.25, 0.3) is 5.91 Å². The SMILES string of the molecule is O=C(c1ccccc1F)N1CCC2(CC1)CCN(Cc1cccs1)c1ccccc1O2. The van der Waals surface area contributed by atoms with Gasteiger partial charge in [-0.2, -0.15) is 0 Å². The van der Waals surface area contributed by atoms with E-state index in [2.05, 4.69) is 34.5 Å². The topological polar surface area (TPSA) is 32.8 Å². The minimum atomic E-state index is -0.461. The smallest absolute Gasteiger partial charge is 0.256 e. The first kappa shape index (κ1) is 20.1. The Morgan fingerprint density at radius 2 is 1.71 bits per heavy atom. The summed E-state index contributed by atoms with van der Waals surface area (Å²) in [6.07, 6.45) is 2.39. The van der Waals surface area contributed by atoms with Crippen LogP contribution in [-0.4, -0.2) is 36.0 Å². The van der Waals surface area contributed by atoms with Gasteiger partial charge in [0, 0.05) is 43.8 Å². The first-order valence-corrected chi connectivity index (χ1v) is 11.6. The molecule has 160 valence electrons. The highest BCUT2D eigenvalue weighted by molar-refractivity contribution is 7.09. The van der Waals surface area contributed by atoms with Gasteiger partial charge in [0.15, 0.2) is 0 Å². The van der Waals surface area contributed by atoms with Gasteiger partial charge in [-0.1, -0.05) is 30.3 Å². The lowest BCUT2D eigenvalue weighted by Crippen LogP contribution is -2.50. The third-order valence-electron chi connectivity index (χ3n) is 6.36. The molecule has 1 amide bonds. The van der Waals surface area contributed by atoms with Crippen molar-refractivity contribution in [2.24, 2.45) is 0 Å². The molecule has 1 saturated heterocycles. The highest BCUT2D eigenvalue weighted by Gasteiger charge is 2.41. The van der Waals surface area contributed by atoms with Crippen LogP contribution in [0.2, 0.25) is 0 Å². The zero-order chi connectivity index (χ0) is 21.3. The van der Waals surface area contributed by atoms with Crippen LogP contribution in [0, 0.1) is 5.82 Å². The molecule has 2 aromatic carbocycles. The number of amides is 1. The van der Waals surface area contributed by atoms with Crippen molar-refractivity contribution < 1.29 is 13.9 Å². The molecule has 0 saturated carbocycles. The second-order valence-corrected chi connectivity index (χ2v) is 9.31. The summed E-state index contributed by atoms with van der Waals surface area (Å²) in [5.41, 5.74) is 0.970. The molecular weight excluding hydrogens is 411 g/mol. The molecule has 2 aliphatic heterocycles. The third kappa shape index (κ3) is 4.04. The van der Waals surface area contributed by atoms with Crippen LogP contribution >= 0.6 is 11.3 Å². The number of carbonyl (C=O) groups excluding carboxylic acids is 1. The van der Waals surface area contributed by atoms with Crippen LogP contribution in [0.4, 0.5) is 10.1 Å². The van der Waals surface area contributed by atoms with Gasteiger partial charge in [-0.15, -0.1) is 11.3 Å². The molecule has 1 fully saturated rings. The van der Waals surface area contributed by atoms with Crippen LogP contribution < -0.4 is 9.64 Å². The van der Waals surface area contributed by atoms with Gasteiger partial charge in [0.05, 0.1) is 17.8 Å². The molecule has 0 N–H and O–H groups in total. The average molecular weight is 437 g/mol. The van der Waals surface area contributed by atoms with E-state index in [0.29, 0.717) is 13.1 Å². The lowest BCUT2D eigenvalue weighted by molar-refractivity contribution is 0.00226. The summed E-state index contributed by atoms with van der Waals surface area (Å²) in [6.45, 7) is 2.91. The molecule has 4 nitrogen and oxygen atoms in total. The zero-order valence-electron chi connectivity index (χ0n) is 17.3. The van der Waals surface area contributed by atoms with Gasteiger partial charge in [0.2, 0.25) is 0 Å². The Kier molecular flexibility index (Phi) is 5.40. The summed E-state index contributed by atoms with van der Waals surface area (Å²) in [4.78, 5) is 18.3. The zero-order valence-corrected chi connectivity index (χ0v) is 18.1. The van der Waals surface area contributed by atoms with Crippen LogP contribution in [0.5, 0.6) is 5.75 Å². The van der Waals surface area contributed by atoms with E-state index in [1.807, 2.05) is 12.1 Å². The molecule has 0 unspecified atom stereocenters. The minimum absolute atomic E-state index is 0.146. The molecule has 0 radical (unpaired) electrons. The summed E-state index contributed by atoms with van der Waals surface area (Å²) in [7, 11) is 0. The number of hydrogen-bond acceptors (Lipinski definition) is 4. The first-order valence-electron chi connectivity index (χ1n) is 10.7. The maximum absolute atomic E-state index is 14.1. The molecule has 2 aliphatic rings. The predicted molar refractivity (Wildman–Crippen MR) is 121 cm³/mol. The maximum atomic E-state index is 14.1. The van der Waals surface area contributed by atoms with Gasteiger partial charge in [0.1, 0.15) is 17.2 Å². The Morgan fingerprint density at radius 3 is 2.48 bits per heavy atom. The number of rotatable bonds is 3. The number of nitrogens with zero attached hydrogens (tertiary/aromatic N) is 2. The normalized spacial score (nSPS) is 17.7. The molecule has 5 rings (SSSR count). The minimum Gasteiger partial charge on any atom is -0.485 e. The number of likely N-dealkylation sites (tertiary alicyclic amines) is 1. The Morgan fingerprint density at radius 1 is 0.968 bits per heavy atom. The van der Waals surface area contributed by atoms with Crippen LogP contribution in [-0.2, 0) is 6.54 Å². The van der Waals surface area contributed by atoms with Crippen molar-refractivity contribution in [2.45, 2.75) is 31.4 Å². The number of hydrogen-bond donors (Lipinski definition) is 0. The quantitative estimate of drug-likeness (QED) is 0.555. The highest BCUT2D eigenvalue weighted by atomic mass is 32.1. The van der Waals surface area contributed by atoms with Crippen molar-refractivity contribution in [1.29, 1.82) is 0 Å². The van der Waals surface area contributed by atoms with E-state index in [-0.39, 0.29) is 17.1 Å². The molecule has 3 heterocycles. The molecule has 0 aliphatic carbocycles. The summed E-state index contributed by atoms with van der Waals surface area (Å²) in [6, 6.07) is 18.7. The number of carbonyl (C=O) groups is 1. The van der Waals surface area contributed by atoms with Crippen molar-refractivity contribution >= 4 is 22.9 Å². The van der Waals surface area contributed by atoms with Crippen molar-refractivity contribution in [3.05, 3.63) is 82.3 Å². The van der Waals surface area contributed by atoms with E-state index >= 15 is 0 Å². The van der Waals surface area contributed by atoms with E-state index in [4.69, 9.17) is 4.74 Å². The van der Waals surface area contributed by atoms with Crippen LogP contribution in [0.15, 0.2) is 66.0 Å². The fraction of sp³-hybridized carbons (Fsp3) is 0.320. The highest BCUT2D eigenvalue weighted by Crippen LogP contribution is 2.41. The third-order valence-corrected chi connectivity index (χ3v) is 7.22. The molecular formula is C25H25FN2O2S. The van der Waals surface area contributed by atoms with Crippen LogP contribution in [0.25, 0.3) is 0 Å². The van der Waals surface area contributed by atoms with Crippen molar-refractivity contribution in [2.75, 3.05) is 24.5 Å². The maximum Gasteiger partial charge on any atom is 0.256 e.